The first-order valence-corrected chi connectivity index (χ1v) is 9.47. The summed E-state index contributed by atoms with van der Waals surface area (Å²) in [5, 5.41) is 4.83. The van der Waals surface area contributed by atoms with E-state index >= 15 is 0 Å². The standard InChI is InChI=1S/C23H21FN4O4/c1-14-9-16(5-8-18(14)24)12-26-22(30)20-10-19(27-13-28-20)21(29)25-11-15-3-6-17(7-4-15)23(31)32-2/h3-10,13H,11-12H2,1-2H3,(H,25,29)(H,26,30)/i11D2. The molecule has 0 aliphatic rings. The second kappa shape index (κ2) is 10.3. The Kier molecular flexibility index (Phi) is 6.34. The zero-order chi connectivity index (χ0) is 24.9. The van der Waals surface area contributed by atoms with Crippen molar-refractivity contribution in [3.63, 3.8) is 0 Å². The third kappa shape index (κ3) is 5.72. The van der Waals surface area contributed by atoms with Crippen molar-refractivity contribution in [3.05, 3.63) is 94.3 Å². The van der Waals surface area contributed by atoms with Gasteiger partial charge in [-0.15, -0.1) is 0 Å². The zero-order valence-electron chi connectivity index (χ0n) is 19.3. The molecule has 2 amide bonds. The van der Waals surface area contributed by atoms with E-state index in [-0.39, 0.29) is 34.9 Å². The van der Waals surface area contributed by atoms with Crippen LogP contribution in [0.2, 0.25) is 0 Å². The summed E-state index contributed by atoms with van der Waals surface area (Å²) < 4.78 is 34.3. The summed E-state index contributed by atoms with van der Waals surface area (Å²) in [6.07, 6.45) is 1.02. The normalized spacial score (nSPS) is 11.7. The molecule has 0 atom stereocenters. The molecule has 2 N–H and O–H groups in total. The van der Waals surface area contributed by atoms with Gasteiger partial charge in [0.1, 0.15) is 23.5 Å². The van der Waals surface area contributed by atoms with Crippen molar-refractivity contribution in [1.82, 2.24) is 20.6 Å². The second-order valence-corrected chi connectivity index (χ2v) is 6.70. The van der Waals surface area contributed by atoms with Crippen molar-refractivity contribution in [2.75, 3.05) is 7.11 Å². The predicted molar refractivity (Wildman–Crippen MR) is 113 cm³/mol. The average molecular weight is 438 g/mol. The molecular weight excluding hydrogens is 415 g/mol. The van der Waals surface area contributed by atoms with Crippen LogP contribution in [-0.2, 0) is 17.8 Å². The third-order valence-electron chi connectivity index (χ3n) is 4.43. The van der Waals surface area contributed by atoms with Gasteiger partial charge in [0, 0.05) is 19.1 Å². The van der Waals surface area contributed by atoms with Gasteiger partial charge >= 0.3 is 5.97 Å². The summed E-state index contributed by atoms with van der Waals surface area (Å²) in [6.45, 7) is -0.558. The monoisotopic (exact) mass is 438 g/mol. The topological polar surface area (TPSA) is 110 Å². The summed E-state index contributed by atoms with van der Waals surface area (Å²) in [7, 11) is 1.23. The van der Waals surface area contributed by atoms with Gasteiger partial charge in [-0.25, -0.2) is 19.2 Å². The average Bonchev–Trinajstić information content (AvgIpc) is 2.84. The number of hydrogen-bond acceptors (Lipinski definition) is 6. The molecule has 0 aliphatic carbocycles. The number of methoxy groups -OCH3 is 1. The second-order valence-electron chi connectivity index (χ2n) is 6.70. The lowest BCUT2D eigenvalue weighted by molar-refractivity contribution is 0.0600. The van der Waals surface area contributed by atoms with Gasteiger partial charge in [0.15, 0.2) is 0 Å². The molecule has 8 nitrogen and oxygen atoms in total. The Hall–Kier alpha value is -4.14. The number of halogens is 1. The first-order valence-electron chi connectivity index (χ1n) is 10.5. The molecule has 0 spiro atoms. The number of aromatic nitrogens is 2. The van der Waals surface area contributed by atoms with E-state index in [1.807, 2.05) is 0 Å². The van der Waals surface area contributed by atoms with Gasteiger partial charge in [-0.2, -0.15) is 0 Å². The van der Waals surface area contributed by atoms with Crippen LogP contribution in [0.25, 0.3) is 0 Å². The molecular formula is C23H21FN4O4. The van der Waals surface area contributed by atoms with Crippen LogP contribution < -0.4 is 10.6 Å². The fourth-order valence-electron chi connectivity index (χ4n) is 2.70. The maximum atomic E-state index is 13.4. The Morgan fingerprint density at radius 3 is 2.22 bits per heavy atom. The quantitative estimate of drug-likeness (QED) is 0.549. The van der Waals surface area contributed by atoms with Crippen molar-refractivity contribution in [1.29, 1.82) is 0 Å². The van der Waals surface area contributed by atoms with E-state index in [4.69, 9.17) is 2.74 Å². The molecule has 0 radical (unpaired) electrons. The number of carbonyl (C=O) groups excluding carboxylic acids is 3. The molecule has 0 fully saturated rings. The number of amides is 2. The minimum atomic E-state index is -2.29. The molecule has 3 rings (SSSR count). The van der Waals surface area contributed by atoms with Gasteiger partial charge in [-0.3, -0.25) is 9.59 Å². The first kappa shape index (κ1) is 19.8. The Morgan fingerprint density at radius 1 is 0.969 bits per heavy atom. The largest absolute Gasteiger partial charge is 0.465 e. The SMILES string of the molecule is [2H]C([2H])(NC(=O)c1cc(C(=O)NCc2ccc(F)c(C)c2)ncn1)c1ccc(C(=O)OC)cc1. The van der Waals surface area contributed by atoms with Gasteiger partial charge in [-0.05, 0) is 41.8 Å². The number of nitrogens with one attached hydrogen (secondary N) is 2. The third-order valence-corrected chi connectivity index (χ3v) is 4.43. The molecule has 0 saturated carbocycles. The number of benzene rings is 2. The molecule has 1 heterocycles. The lowest BCUT2D eigenvalue weighted by Crippen LogP contribution is -2.27. The highest BCUT2D eigenvalue weighted by atomic mass is 19.1. The Balaban J connectivity index is 1.67. The van der Waals surface area contributed by atoms with E-state index in [0.717, 1.165) is 12.4 Å². The molecule has 2 aromatic carbocycles. The van der Waals surface area contributed by atoms with Crippen LogP contribution in [-0.4, -0.2) is 34.9 Å². The van der Waals surface area contributed by atoms with E-state index in [0.29, 0.717) is 11.1 Å². The van der Waals surface area contributed by atoms with Crippen LogP contribution in [0.4, 0.5) is 4.39 Å². The number of carbonyl (C=O) groups is 3. The van der Waals surface area contributed by atoms with E-state index in [2.05, 4.69) is 25.3 Å². The van der Waals surface area contributed by atoms with Gasteiger partial charge in [-0.1, -0.05) is 24.3 Å². The number of ether oxygens (including phenoxy) is 1. The maximum Gasteiger partial charge on any atom is 0.337 e. The minimum absolute atomic E-state index is 0.0927. The van der Waals surface area contributed by atoms with Gasteiger partial charge in [0.05, 0.1) is 15.4 Å². The van der Waals surface area contributed by atoms with E-state index in [1.165, 1.54) is 37.4 Å². The molecule has 9 heteroatoms. The molecule has 0 bridgehead atoms. The van der Waals surface area contributed by atoms with Crippen LogP contribution in [0, 0.1) is 12.7 Å². The van der Waals surface area contributed by atoms with Crippen LogP contribution in [0.3, 0.4) is 0 Å². The van der Waals surface area contributed by atoms with Crippen LogP contribution in [0.15, 0.2) is 54.9 Å². The zero-order valence-corrected chi connectivity index (χ0v) is 17.3. The number of rotatable bonds is 7. The highest BCUT2D eigenvalue weighted by Gasteiger charge is 2.13. The first-order chi connectivity index (χ1) is 16.1. The number of aryl methyl sites for hydroxylation is 1. The number of nitrogens with zero attached hydrogens (tertiary/aromatic N) is 2. The van der Waals surface area contributed by atoms with Gasteiger partial charge < -0.3 is 15.4 Å². The lowest BCUT2D eigenvalue weighted by Gasteiger charge is -2.08. The number of hydrogen-bond donors (Lipinski definition) is 2. The van der Waals surface area contributed by atoms with Gasteiger partial charge in [0.25, 0.3) is 11.8 Å². The van der Waals surface area contributed by atoms with Crippen molar-refractivity contribution < 1.29 is 26.3 Å². The smallest absolute Gasteiger partial charge is 0.337 e. The van der Waals surface area contributed by atoms with E-state index < -0.39 is 24.3 Å². The fraction of sp³-hybridized carbons (Fsp3) is 0.174. The molecule has 0 saturated heterocycles. The summed E-state index contributed by atoms with van der Waals surface area (Å²) in [5.74, 6) is -2.37. The molecule has 3 aromatic rings. The van der Waals surface area contributed by atoms with Crippen molar-refractivity contribution in [2.45, 2.75) is 20.0 Å². The Labute approximate surface area is 186 Å². The lowest BCUT2D eigenvalue weighted by atomic mass is 10.1. The molecule has 1 aromatic heterocycles. The summed E-state index contributed by atoms with van der Waals surface area (Å²) in [6, 6.07) is 11.0. The van der Waals surface area contributed by atoms with Gasteiger partial charge in [0.2, 0.25) is 0 Å². The minimum Gasteiger partial charge on any atom is -0.465 e. The van der Waals surface area contributed by atoms with Crippen molar-refractivity contribution in [3.8, 4) is 0 Å². The van der Waals surface area contributed by atoms with E-state index in [1.54, 1.807) is 19.1 Å². The predicted octanol–water partition coefficient (Wildman–Crippen LogP) is 2.57. The molecule has 0 aliphatic heterocycles. The number of esters is 1. The summed E-state index contributed by atoms with van der Waals surface area (Å²) in [5.41, 5.74) is 1.15. The van der Waals surface area contributed by atoms with Crippen LogP contribution in [0.1, 0.15) is 50.8 Å². The molecule has 164 valence electrons. The van der Waals surface area contributed by atoms with Crippen LogP contribution in [0.5, 0.6) is 0 Å². The highest BCUT2D eigenvalue weighted by Crippen LogP contribution is 2.10. The Morgan fingerprint density at radius 2 is 1.59 bits per heavy atom. The van der Waals surface area contributed by atoms with Crippen molar-refractivity contribution in [2.24, 2.45) is 0 Å². The molecule has 32 heavy (non-hydrogen) atoms. The van der Waals surface area contributed by atoms with E-state index in [9.17, 15) is 18.8 Å². The highest BCUT2D eigenvalue weighted by molar-refractivity contribution is 5.97. The summed E-state index contributed by atoms with van der Waals surface area (Å²) >= 11 is 0. The fourth-order valence-corrected chi connectivity index (χ4v) is 2.70. The van der Waals surface area contributed by atoms with Crippen molar-refractivity contribution >= 4 is 17.8 Å². The summed E-state index contributed by atoms with van der Waals surface area (Å²) in [4.78, 5) is 44.2. The van der Waals surface area contributed by atoms with Crippen LogP contribution >= 0.6 is 0 Å². The molecule has 0 unspecified atom stereocenters. The maximum absolute atomic E-state index is 13.4. The Bertz CT molecular complexity index is 1240.